The van der Waals surface area contributed by atoms with Crippen LogP contribution in [-0.2, 0) is 0 Å². The van der Waals surface area contributed by atoms with Crippen molar-refractivity contribution in [1.82, 2.24) is 10.2 Å². The van der Waals surface area contributed by atoms with Crippen LogP contribution in [0.5, 0.6) is 0 Å². The third-order valence-corrected chi connectivity index (χ3v) is 4.54. The molecule has 0 saturated carbocycles. The van der Waals surface area contributed by atoms with E-state index in [0.717, 1.165) is 29.1 Å². The van der Waals surface area contributed by atoms with E-state index in [1.54, 1.807) is 0 Å². The minimum absolute atomic E-state index is 0.425. The van der Waals surface area contributed by atoms with E-state index in [1.165, 1.54) is 12.0 Å². The molecule has 2 atom stereocenters. The lowest BCUT2D eigenvalue weighted by Gasteiger charge is -2.26. The molecule has 18 heavy (non-hydrogen) atoms. The number of rotatable bonds is 4. The van der Waals surface area contributed by atoms with Gasteiger partial charge in [-0.3, -0.25) is 4.90 Å². The second-order valence-corrected chi connectivity index (χ2v) is 6.27. The minimum Gasteiger partial charge on any atom is -0.317 e. The normalized spacial score (nSPS) is 24.7. The maximum Gasteiger partial charge on any atom is 0.0454 e. The Morgan fingerprint density at radius 2 is 2.28 bits per heavy atom. The van der Waals surface area contributed by atoms with Gasteiger partial charge in [0.05, 0.1) is 0 Å². The monoisotopic (exact) mass is 330 g/mol. The summed E-state index contributed by atoms with van der Waals surface area (Å²) in [6, 6.07) is 6.57. The Hall–Kier alpha value is -0.0900. The zero-order chi connectivity index (χ0) is 13.1. The largest absolute Gasteiger partial charge is 0.317 e. The SMILES string of the molecule is CCNCC1CCN(C)C1c1cc(Br)ccc1Cl. The molecule has 0 aliphatic carbocycles. The van der Waals surface area contributed by atoms with Gasteiger partial charge in [0.2, 0.25) is 0 Å². The van der Waals surface area contributed by atoms with Gasteiger partial charge in [-0.2, -0.15) is 0 Å². The lowest BCUT2D eigenvalue weighted by Crippen LogP contribution is -2.28. The molecular formula is C14H20BrClN2. The van der Waals surface area contributed by atoms with Crippen LogP contribution in [0.15, 0.2) is 22.7 Å². The molecule has 1 heterocycles. The van der Waals surface area contributed by atoms with Crippen molar-refractivity contribution in [3.63, 3.8) is 0 Å². The second-order valence-electron chi connectivity index (χ2n) is 4.95. The summed E-state index contributed by atoms with van der Waals surface area (Å²) in [6.45, 7) is 5.39. The highest BCUT2D eigenvalue weighted by Crippen LogP contribution is 2.39. The van der Waals surface area contributed by atoms with Crippen molar-refractivity contribution in [1.29, 1.82) is 0 Å². The van der Waals surface area contributed by atoms with Crippen LogP contribution in [0.2, 0.25) is 5.02 Å². The second kappa shape index (κ2) is 6.38. The average molecular weight is 332 g/mol. The number of halogens is 2. The highest BCUT2D eigenvalue weighted by molar-refractivity contribution is 9.10. The molecule has 1 saturated heterocycles. The van der Waals surface area contributed by atoms with E-state index in [4.69, 9.17) is 11.6 Å². The first kappa shape index (κ1) is 14.3. The van der Waals surface area contributed by atoms with E-state index in [1.807, 2.05) is 12.1 Å². The Balaban J connectivity index is 2.24. The molecule has 2 nitrogen and oxygen atoms in total. The molecule has 1 aromatic rings. The predicted octanol–water partition coefficient (Wildman–Crippen LogP) is 3.70. The molecule has 1 aromatic carbocycles. The third-order valence-electron chi connectivity index (χ3n) is 3.71. The summed E-state index contributed by atoms with van der Waals surface area (Å²) in [4.78, 5) is 2.41. The number of nitrogens with zero attached hydrogens (tertiary/aromatic N) is 1. The summed E-state index contributed by atoms with van der Waals surface area (Å²) in [5, 5.41) is 4.34. The molecule has 0 spiro atoms. The number of likely N-dealkylation sites (tertiary alicyclic amines) is 1. The van der Waals surface area contributed by atoms with Gasteiger partial charge >= 0.3 is 0 Å². The summed E-state index contributed by atoms with van der Waals surface area (Å²) >= 11 is 9.92. The number of benzene rings is 1. The van der Waals surface area contributed by atoms with Crippen molar-refractivity contribution in [3.05, 3.63) is 33.3 Å². The third kappa shape index (κ3) is 3.08. The molecule has 0 radical (unpaired) electrons. The first-order valence-corrected chi connectivity index (χ1v) is 7.66. The van der Waals surface area contributed by atoms with Crippen molar-refractivity contribution in [2.75, 3.05) is 26.7 Å². The first-order chi connectivity index (χ1) is 8.63. The average Bonchev–Trinajstić information content (AvgIpc) is 2.71. The van der Waals surface area contributed by atoms with Crippen LogP contribution in [0.25, 0.3) is 0 Å². The van der Waals surface area contributed by atoms with Crippen LogP contribution < -0.4 is 5.32 Å². The summed E-state index contributed by atoms with van der Waals surface area (Å²) < 4.78 is 1.10. The van der Waals surface area contributed by atoms with Crippen LogP contribution in [0.1, 0.15) is 24.9 Å². The number of nitrogens with one attached hydrogen (secondary N) is 1. The molecule has 4 heteroatoms. The molecule has 2 unspecified atom stereocenters. The van der Waals surface area contributed by atoms with Crippen LogP contribution >= 0.6 is 27.5 Å². The Bertz CT molecular complexity index is 411. The summed E-state index contributed by atoms with van der Waals surface area (Å²) in [5.41, 5.74) is 1.24. The van der Waals surface area contributed by atoms with Gasteiger partial charge in [0.1, 0.15) is 0 Å². The van der Waals surface area contributed by atoms with Gasteiger partial charge in [0, 0.05) is 15.5 Å². The zero-order valence-corrected chi connectivity index (χ0v) is 13.3. The fourth-order valence-electron chi connectivity index (χ4n) is 2.80. The Morgan fingerprint density at radius 3 is 3.00 bits per heavy atom. The van der Waals surface area contributed by atoms with Gasteiger partial charge < -0.3 is 5.32 Å². The van der Waals surface area contributed by atoms with Gasteiger partial charge in [-0.05, 0) is 62.8 Å². The summed E-state index contributed by atoms with van der Waals surface area (Å²) in [7, 11) is 2.19. The van der Waals surface area contributed by atoms with E-state index >= 15 is 0 Å². The highest BCUT2D eigenvalue weighted by atomic mass is 79.9. The van der Waals surface area contributed by atoms with E-state index < -0.39 is 0 Å². The molecule has 100 valence electrons. The minimum atomic E-state index is 0.425. The van der Waals surface area contributed by atoms with E-state index in [-0.39, 0.29) is 0 Å². The van der Waals surface area contributed by atoms with Crippen LogP contribution in [0, 0.1) is 5.92 Å². The standard InChI is InChI=1S/C14H20BrClN2/c1-3-17-9-10-6-7-18(2)14(10)12-8-11(15)4-5-13(12)16/h4-5,8,10,14,17H,3,6-7,9H2,1-2H3. The van der Waals surface area contributed by atoms with Gasteiger partial charge in [-0.25, -0.2) is 0 Å². The molecular weight excluding hydrogens is 312 g/mol. The Morgan fingerprint density at radius 1 is 1.50 bits per heavy atom. The lowest BCUT2D eigenvalue weighted by atomic mass is 9.93. The molecule has 0 bridgehead atoms. The van der Waals surface area contributed by atoms with E-state index in [9.17, 15) is 0 Å². The fraction of sp³-hybridized carbons (Fsp3) is 0.571. The highest BCUT2D eigenvalue weighted by Gasteiger charge is 2.33. The van der Waals surface area contributed by atoms with Crippen LogP contribution in [0.3, 0.4) is 0 Å². The quantitative estimate of drug-likeness (QED) is 0.905. The van der Waals surface area contributed by atoms with Gasteiger partial charge in [-0.15, -0.1) is 0 Å². The van der Waals surface area contributed by atoms with Crippen molar-refractivity contribution in [2.24, 2.45) is 5.92 Å². The van der Waals surface area contributed by atoms with E-state index in [0.29, 0.717) is 12.0 Å². The Kier molecular flexibility index (Phi) is 5.07. The smallest absolute Gasteiger partial charge is 0.0454 e. The zero-order valence-electron chi connectivity index (χ0n) is 10.9. The van der Waals surface area contributed by atoms with Gasteiger partial charge in [0.15, 0.2) is 0 Å². The number of hydrogen-bond donors (Lipinski definition) is 1. The van der Waals surface area contributed by atoms with Crippen molar-refractivity contribution < 1.29 is 0 Å². The van der Waals surface area contributed by atoms with Crippen LogP contribution in [-0.4, -0.2) is 31.6 Å². The van der Waals surface area contributed by atoms with Gasteiger partial charge in [0.25, 0.3) is 0 Å². The molecule has 0 aromatic heterocycles. The summed E-state index contributed by atoms with van der Waals surface area (Å²) in [5.74, 6) is 0.641. The molecule has 2 rings (SSSR count). The molecule has 1 fully saturated rings. The maximum atomic E-state index is 6.37. The van der Waals surface area contributed by atoms with Gasteiger partial charge in [-0.1, -0.05) is 34.5 Å². The molecule has 1 N–H and O–H groups in total. The van der Waals surface area contributed by atoms with E-state index in [2.05, 4.69) is 46.2 Å². The lowest BCUT2D eigenvalue weighted by molar-refractivity contribution is 0.273. The Labute approximate surface area is 123 Å². The number of hydrogen-bond acceptors (Lipinski definition) is 2. The van der Waals surface area contributed by atoms with Crippen molar-refractivity contribution in [2.45, 2.75) is 19.4 Å². The van der Waals surface area contributed by atoms with Crippen molar-refractivity contribution >= 4 is 27.5 Å². The molecule has 0 amide bonds. The maximum absolute atomic E-state index is 6.37. The van der Waals surface area contributed by atoms with Crippen LogP contribution in [0.4, 0.5) is 0 Å². The van der Waals surface area contributed by atoms with Crippen molar-refractivity contribution in [3.8, 4) is 0 Å². The predicted molar refractivity (Wildman–Crippen MR) is 81.2 cm³/mol. The molecule has 1 aliphatic rings. The summed E-state index contributed by atoms with van der Waals surface area (Å²) in [6.07, 6.45) is 1.23. The first-order valence-electron chi connectivity index (χ1n) is 6.49. The topological polar surface area (TPSA) is 15.3 Å². The fourth-order valence-corrected chi connectivity index (χ4v) is 3.41. The molecule has 1 aliphatic heterocycles.